The molecule has 0 aliphatic carbocycles. The Morgan fingerprint density at radius 1 is 1.15 bits per heavy atom. The predicted molar refractivity (Wildman–Crippen MR) is 112 cm³/mol. The number of para-hydroxylation sites is 2. The number of rotatable bonds is 6. The number of aryl methyl sites for hydroxylation is 1. The van der Waals surface area contributed by atoms with Crippen LogP contribution in [-0.4, -0.2) is 10.9 Å². The number of carbonyl (C=O) groups excluding carboxylic acids is 1. The fourth-order valence-electron chi connectivity index (χ4n) is 2.67. The quantitative estimate of drug-likeness (QED) is 0.471. The van der Waals surface area contributed by atoms with Crippen molar-refractivity contribution in [3.8, 4) is 5.75 Å². The fourth-order valence-corrected chi connectivity index (χ4v) is 4.04. The number of benzene rings is 2. The third-order valence-corrected chi connectivity index (χ3v) is 5.41. The molecule has 0 aliphatic rings. The molecule has 0 fully saturated rings. The Balaban J connectivity index is 1.84. The van der Waals surface area contributed by atoms with Crippen molar-refractivity contribution in [2.24, 2.45) is 0 Å². The summed E-state index contributed by atoms with van der Waals surface area (Å²) in [5, 5.41) is 3.36. The predicted octanol–water partition coefficient (Wildman–Crippen LogP) is 6.28. The number of carbonyl (C=O) groups is 1. The number of hydrogen-bond donors (Lipinski definition) is 0. The number of thiazole rings is 1. The van der Waals surface area contributed by atoms with Gasteiger partial charge in [0.15, 0.2) is 10.9 Å². The summed E-state index contributed by atoms with van der Waals surface area (Å²) in [5.74, 6) is 0.335. The highest BCUT2D eigenvalue weighted by atomic mass is 35.5. The van der Waals surface area contributed by atoms with Crippen LogP contribution in [0, 0.1) is 0 Å². The fraction of sp³-hybridized carbons (Fsp3) is 0.200. The van der Waals surface area contributed by atoms with Crippen LogP contribution in [0.2, 0.25) is 10.0 Å². The lowest BCUT2D eigenvalue weighted by molar-refractivity contribution is -0.115. The number of anilines is 2. The zero-order chi connectivity index (χ0) is 19.4. The molecular weight excluding hydrogens is 403 g/mol. The van der Waals surface area contributed by atoms with E-state index in [1.54, 1.807) is 23.1 Å². The molecule has 3 rings (SSSR count). The van der Waals surface area contributed by atoms with Crippen molar-refractivity contribution in [3.05, 3.63) is 69.1 Å². The second-order valence-electron chi connectivity index (χ2n) is 5.80. The molecule has 0 N–H and O–H groups in total. The van der Waals surface area contributed by atoms with Crippen LogP contribution in [0.15, 0.2) is 47.8 Å². The molecular formula is C20H18Cl2N2O2S. The van der Waals surface area contributed by atoms with Crippen molar-refractivity contribution in [3.63, 3.8) is 0 Å². The SMILES string of the molecule is CCc1ccccc1N(C(C)=O)c1nc(COc2c(Cl)cccc2Cl)cs1. The zero-order valence-corrected chi connectivity index (χ0v) is 17.2. The third-order valence-electron chi connectivity index (χ3n) is 3.94. The molecule has 0 spiro atoms. The first-order valence-electron chi connectivity index (χ1n) is 8.41. The van der Waals surface area contributed by atoms with Crippen LogP contribution >= 0.6 is 34.5 Å². The van der Waals surface area contributed by atoms with E-state index < -0.39 is 0 Å². The van der Waals surface area contributed by atoms with Gasteiger partial charge in [0.05, 0.1) is 21.4 Å². The van der Waals surface area contributed by atoms with E-state index in [9.17, 15) is 4.79 Å². The smallest absolute Gasteiger partial charge is 0.230 e. The summed E-state index contributed by atoms with van der Waals surface area (Å²) in [4.78, 5) is 18.5. The van der Waals surface area contributed by atoms with Gasteiger partial charge in [0.1, 0.15) is 6.61 Å². The van der Waals surface area contributed by atoms with Crippen molar-refractivity contribution in [2.75, 3.05) is 4.90 Å². The average molecular weight is 421 g/mol. The molecule has 27 heavy (non-hydrogen) atoms. The first kappa shape index (κ1) is 19.7. The lowest BCUT2D eigenvalue weighted by Crippen LogP contribution is -2.23. The van der Waals surface area contributed by atoms with E-state index in [4.69, 9.17) is 27.9 Å². The number of ether oxygens (including phenoxy) is 1. The van der Waals surface area contributed by atoms with Crippen molar-refractivity contribution in [1.82, 2.24) is 4.98 Å². The van der Waals surface area contributed by atoms with E-state index in [1.165, 1.54) is 18.3 Å². The highest BCUT2D eigenvalue weighted by molar-refractivity contribution is 7.14. The Morgan fingerprint density at radius 2 is 1.85 bits per heavy atom. The van der Waals surface area contributed by atoms with Crippen LogP contribution in [0.5, 0.6) is 5.75 Å². The first-order valence-corrected chi connectivity index (χ1v) is 10.0. The molecule has 0 saturated heterocycles. The van der Waals surface area contributed by atoms with Gasteiger partial charge in [-0.05, 0) is 30.2 Å². The van der Waals surface area contributed by atoms with Crippen LogP contribution < -0.4 is 9.64 Å². The first-order chi connectivity index (χ1) is 13.0. The molecule has 7 heteroatoms. The van der Waals surface area contributed by atoms with Crippen LogP contribution in [0.3, 0.4) is 0 Å². The molecule has 1 heterocycles. The number of aromatic nitrogens is 1. The Labute approximate surface area is 172 Å². The van der Waals surface area contributed by atoms with Gasteiger partial charge in [0, 0.05) is 12.3 Å². The van der Waals surface area contributed by atoms with Gasteiger partial charge in [-0.25, -0.2) is 4.98 Å². The summed E-state index contributed by atoms with van der Waals surface area (Å²) in [5.41, 5.74) is 2.64. The zero-order valence-electron chi connectivity index (χ0n) is 14.9. The Morgan fingerprint density at radius 3 is 2.52 bits per heavy atom. The van der Waals surface area contributed by atoms with Crippen LogP contribution in [0.25, 0.3) is 0 Å². The third kappa shape index (κ3) is 4.43. The van der Waals surface area contributed by atoms with E-state index in [2.05, 4.69) is 11.9 Å². The molecule has 140 valence electrons. The summed E-state index contributed by atoms with van der Waals surface area (Å²) >= 11 is 13.6. The molecule has 1 amide bonds. The molecule has 3 aromatic rings. The van der Waals surface area contributed by atoms with E-state index in [0.29, 0.717) is 26.6 Å². The molecule has 2 aromatic carbocycles. The maximum atomic E-state index is 12.3. The Hall–Kier alpha value is -2.08. The van der Waals surface area contributed by atoms with Gasteiger partial charge in [-0.3, -0.25) is 9.69 Å². The number of hydrogen-bond acceptors (Lipinski definition) is 4. The summed E-state index contributed by atoms with van der Waals surface area (Å²) < 4.78 is 5.73. The second-order valence-corrected chi connectivity index (χ2v) is 7.45. The monoisotopic (exact) mass is 420 g/mol. The minimum Gasteiger partial charge on any atom is -0.484 e. The topological polar surface area (TPSA) is 42.4 Å². The van der Waals surface area contributed by atoms with Gasteiger partial charge in [-0.1, -0.05) is 54.4 Å². The molecule has 0 radical (unpaired) electrons. The maximum Gasteiger partial charge on any atom is 0.230 e. The Kier molecular flexibility index (Phi) is 6.37. The minimum absolute atomic E-state index is 0.0909. The largest absolute Gasteiger partial charge is 0.484 e. The molecule has 0 saturated carbocycles. The maximum absolute atomic E-state index is 12.3. The molecule has 0 unspecified atom stereocenters. The van der Waals surface area contributed by atoms with Gasteiger partial charge in [0.25, 0.3) is 0 Å². The normalized spacial score (nSPS) is 10.7. The van der Waals surface area contributed by atoms with E-state index in [0.717, 1.165) is 17.7 Å². The number of nitrogens with zero attached hydrogens (tertiary/aromatic N) is 2. The average Bonchev–Trinajstić information content (AvgIpc) is 3.10. The lowest BCUT2D eigenvalue weighted by atomic mass is 10.1. The van der Waals surface area contributed by atoms with Gasteiger partial charge in [-0.2, -0.15) is 0 Å². The van der Waals surface area contributed by atoms with Gasteiger partial charge < -0.3 is 4.74 Å². The summed E-state index contributed by atoms with van der Waals surface area (Å²) in [6, 6.07) is 13.0. The van der Waals surface area contributed by atoms with E-state index in [-0.39, 0.29) is 12.5 Å². The molecule has 0 aliphatic heterocycles. The van der Waals surface area contributed by atoms with Crippen LogP contribution in [0.4, 0.5) is 10.8 Å². The lowest BCUT2D eigenvalue weighted by Gasteiger charge is -2.21. The summed E-state index contributed by atoms with van der Waals surface area (Å²) in [6.07, 6.45) is 0.826. The molecule has 0 bridgehead atoms. The van der Waals surface area contributed by atoms with Crippen molar-refractivity contribution in [2.45, 2.75) is 26.9 Å². The van der Waals surface area contributed by atoms with Crippen LogP contribution in [-0.2, 0) is 17.8 Å². The number of halogens is 2. The number of amides is 1. The Bertz CT molecular complexity index is 938. The molecule has 1 aromatic heterocycles. The van der Waals surface area contributed by atoms with Crippen molar-refractivity contribution >= 4 is 51.3 Å². The highest BCUT2D eigenvalue weighted by Gasteiger charge is 2.20. The van der Waals surface area contributed by atoms with Crippen molar-refractivity contribution in [1.29, 1.82) is 0 Å². The van der Waals surface area contributed by atoms with Crippen molar-refractivity contribution < 1.29 is 9.53 Å². The molecule has 4 nitrogen and oxygen atoms in total. The van der Waals surface area contributed by atoms with E-state index in [1.807, 2.05) is 29.6 Å². The van der Waals surface area contributed by atoms with Gasteiger partial charge in [0.2, 0.25) is 5.91 Å². The standard InChI is InChI=1S/C20H18Cl2N2O2S/c1-3-14-7-4-5-10-18(14)24(13(2)25)20-23-15(12-27-20)11-26-19-16(21)8-6-9-17(19)22/h4-10,12H,3,11H2,1-2H3. The summed E-state index contributed by atoms with van der Waals surface area (Å²) in [6.45, 7) is 3.81. The van der Waals surface area contributed by atoms with Gasteiger partial charge >= 0.3 is 0 Å². The van der Waals surface area contributed by atoms with E-state index >= 15 is 0 Å². The van der Waals surface area contributed by atoms with Crippen LogP contribution in [0.1, 0.15) is 25.1 Å². The minimum atomic E-state index is -0.0909. The second kappa shape index (κ2) is 8.74. The summed E-state index contributed by atoms with van der Waals surface area (Å²) in [7, 11) is 0. The highest BCUT2D eigenvalue weighted by Crippen LogP contribution is 2.34. The molecule has 0 atom stereocenters. The van der Waals surface area contributed by atoms with Gasteiger partial charge in [-0.15, -0.1) is 11.3 Å².